The van der Waals surface area contributed by atoms with Gasteiger partial charge in [0.05, 0.1) is 19.3 Å². The number of ether oxygens (including phenoxy) is 1. The molecular formula is C19H30N4O2. The van der Waals surface area contributed by atoms with Gasteiger partial charge in [-0.05, 0) is 29.9 Å². The lowest BCUT2D eigenvalue weighted by atomic mass is 9.87. The molecule has 2 aliphatic rings. The van der Waals surface area contributed by atoms with Crippen LogP contribution in [0.3, 0.4) is 0 Å². The van der Waals surface area contributed by atoms with E-state index in [1.165, 1.54) is 12.8 Å². The second-order valence-corrected chi connectivity index (χ2v) is 7.74. The van der Waals surface area contributed by atoms with E-state index in [0.717, 1.165) is 38.3 Å². The third kappa shape index (κ3) is 4.70. The van der Waals surface area contributed by atoms with Gasteiger partial charge in [-0.15, -0.1) is 0 Å². The van der Waals surface area contributed by atoms with E-state index in [4.69, 9.17) is 4.74 Å². The Morgan fingerprint density at radius 2 is 2.24 bits per heavy atom. The first-order valence-corrected chi connectivity index (χ1v) is 9.32. The molecule has 0 bridgehead atoms. The van der Waals surface area contributed by atoms with Crippen molar-refractivity contribution in [2.45, 2.75) is 45.2 Å². The van der Waals surface area contributed by atoms with Crippen LogP contribution in [0.1, 0.15) is 44.7 Å². The average molecular weight is 346 g/mol. The van der Waals surface area contributed by atoms with Crippen LogP contribution in [-0.4, -0.2) is 54.8 Å². The molecule has 1 saturated heterocycles. The fourth-order valence-electron chi connectivity index (χ4n) is 3.91. The summed E-state index contributed by atoms with van der Waals surface area (Å²) in [7, 11) is 0. The van der Waals surface area contributed by atoms with Crippen molar-refractivity contribution in [3.63, 3.8) is 0 Å². The predicted molar refractivity (Wildman–Crippen MR) is 97.3 cm³/mol. The Morgan fingerprint density at radius 1 is 1.44 bits per heavy atom. The molecule has 0 aromatic carbocycles. The van der Waals surface area contributed by atoms with Gasteiger partial charge in [-0.25, -0.2) is 4.79 Å². The first kappa shape index (κ1) is 18.1. The van der Waals surface area contributed by atoms with Gasteiger partial charge in [0.2, 0.25) is 0 Å². The molecule has 0 spiro atoms. The topological polar surface area (TPSA) is 66.5 Å². The highest BCUT2D eigenvalue weighted by molar-refractivity contribution is 5.74. The zero-order chi connectivity index (χ0) is 17.7. The van der Waals surface area contributed by atoms with Crippen molar-refractivity contribution in [1.82, 2.24) is 20.5 Å². The fraction of sp³-hybridized carbons (Fsp3) is 0.684. The zero-order valence-corrected chi connectivity index (χ0v) is 15.3. The van der Waals surface area contributed by atoms with Crippen LogP contribution in [0.4, 0.5) is 4.79 Å². The summed E-state index contributed by atoms with van der Waals surface area (Å²) >= 11 is 0. The minimum absolute atomic E-state index is 0.0675. The zero-order valence-electron chi connectivity index (χ0n) is 15.3. The quantitative estimate of drug-likeness (QED) is 0.859. The number of nitrogens with one attached hydrogen (secondary N) is 2. The molecule has 3 rings (SSSR count). The lowest BCUT2D eigenvalue weighted by Gasteiger charge is -2.35. The SMILES string of the molecule is CC1(C)CCC[C@@H]1NC(=O)NC[C@H](c1cccnc1)N1CCOCC1. The third-order valence-corrected chi connectivity index (χ3v) is 5.57. The van der Waals surface area contributed by atoms with E-state index in [1.807, 2.05) is 12.3 Å². The molecule has 138 valence electrons. The molecule has 1 aromatic heterocycles. The minimum atomic E-state index is -0.0675. The molecule has 1 aliphatic carbocycles. The standard InChI is InChI=1S/C19H30N4O2/c1-19(2)7-3-6-17(19)22-18(24)21-14-16(15-5-4-8-20-13-15)23-9-11-25-12-10-23/h4-5,8,13,16-17H,3,6-7,9-12,14H2,1-2H3,(H2,21,22,24)/t16-,17+/m1/s1. The molecule has 1 aromatic rings. The molecule has 6 heteroatoms. The van der Waals surface area contributed by atoms with E-state index >= 15 is 0 Å². The van der Waals surface area contributed by atoms with Crippen molar-refractivity contribution >= 4 is 6.03 Å². The van der Waals surface area contributed by atoms with Gasteiger partial charge in [0.25, 0.3) is 0 Å². The predicted octanol–water partition coefficient (Wildman–Crippen LogP) is 2.33. The molecule has 25 heavy (non-hydrogen) atoms. The Morgan fingerprint density at radius 3 is 2.88 bits per heavy atom. The summed E-state index contributed by atoms with van der Waals surface area (Å²) in [5, 5.41) is 6.25. The summed E-state index contributed by atoms with van der Waals surface area (Å²) in [5.74, 6) is 0. The van der Waals surface area contributed by atoms with Crippen LogP contribution in [0.25, 0.3) is 0 Å². The molecule has 6 nitrogen and oxygen atoms in total. The average Bonchev–Trinajstić information content (AvgIpc) is 2.95. The number of hydrogen-bond donors (Lipinski definition) is 2. The first-order chi connectivity index (χ1) is 12.1. The van der Waals surface area contributed by atoms with Crippen LogP contribution in [0, 0.1) is 5.41 Å². The number of amides is 2. The molecular weight excluding hydrogens is 316 g/mol. The summed E-state index contributed by atoms with van der Waals surface area (Å²) in [6.07, 6.45) is 7.09. The Hall–Kier alpha value is -1.66. The molecule has 0 radical (unpaired) electrons. The van der Waals surface area contributed by atoms with Crippen LogP contribution >= 0.6 is 0 Å². The Kier molecular flexibility index (Phi) is 5.91. The normalized spacial score (nSPS) is 24.6. The molecule has 1 saturated carbocycles. The number of nitrogens with zero attached hydrogens (tertiary/aromatic N) is 2. The van der Waals surface area contributed by atoms with Crippen LogP contribution in [-0.2, 0) is 4.74 Å². The maximum Gasteiger partial charge on any atom is 0.315 e. The smallest absolute Gasteiger partial charge is 0.315 e. The van der Waals surface area contributed by atoms with Gasteiger partial charge in [-0.1, -0.05) is 26.3 Å². The maximum absolute atomic E-state index is 12.4. The molecule has 0 unspecified atom stereocenters. The molecule has 1 aliphatic heterocycles. The number of morpholine rings is 1. The van der Waals surface area contributed by atoms with E-state index in [1.54, 1.807) is 6.20 Å². The number of aromatic nitrogens is 1. The highest BCUT2D eigenvalue weighted by Gasteiger charge is 2.35. The van der Waals surface area contributed by atoms with Crippen LogP contribution in [0.15, 0.2) is 24.5 Å². The lowest BCUT2D eigenvalue weighted by molar-refractivity contribution is 0.0166. The van der Waals surface area contributed by atoms with Crippen molar-refractivity contribution in [3.05, 3.63) is 30.1 Å². The van der Waals surface area contributed by atoms with E-state index in [-0.39, 0.29) is 23.5 Å². The summed E-state index contributed by atoms with van der Waals surface area (Å²) in [6.45, 7) is 8.26. The number of pyridine rings is 1. The van der Waals surface area contributed by atoms with Crippen LogP contribution in [0.2, 0.25) is 0 Å². The lowest BCUT2D eigenvalue weighted by Crippen LogP contribution is -2.49. The van der Waals surface area contributed by atoms with E-state index in [9.17, 15) is 4.79 Å². The molecule has 2 amide bonds. The van der Waals surface area contributed by atoms with Crippen molar-refractivity contribution in [2.24, 2.45) is 5.41 Å². The molecule has 2 N–H and O–H groups in total. The Bertz CT molecular complexity index is 558. The Balaban J connectivity index is 1.59. The van der Waals surface area contributed by atoms with Gasteiger partial charge >= 0.3 is 6.03 Å². The molecule has 2 fully saturated rings. The highest BCUT2D eigenvalue weighted by Crippen LogP contribution is 2.37. The number of urea groups is 1. The first-order valence-electron chi connectivity index (χ1n) is 9.32. The van der Waals surface area contributed by atoms with Gasteiger partial charge in [-0.2, -0.15) is 0 Å². The van der Waals surface area contributed by atoms with E-state index in [0.29, 0.717) is 6.54 Å². The summed E-state index contributed by atoms with van der Waals surface area (Å²) in [5.41, 5.74) is 1.32. The summed E-state index contributed by atoms with van der Waals surface area (Å²) < 4.78 is 5.47. The third-order valence-electron chi connectivity index (χ3n) is 5.57. The monoisotopic (exact) mass is 346 g/mol. The van der Waals surface area contributed by atoms with Gasteiger partial charge in [0.15, 0.2) is 0 Å². The summed E-state index contributed by atoms with van der Waals surface area (Å²) in [6, 6.07) is 4.34. The number of hydrogen-bond acceptors (Lipinski definition) is 4. The molecule has 2 atom stereocenters. The van der Waals surface area contributed by atoms with E-state index < -0.39 is 0 Å². The summed E-state index contributed by atoms with van der Waals surface area (Å²) in [4.78, 5) is 19.0. The van der Waals surface area contributed by atoms with Crippen molar-refractivity contribution < 1.29 is 9.53 Å². The van der Waals surface area contributed by atoms with Crippen molar-refractivity contribution in [2.75, 3.05) is 32.8 Å². The minimum Gasteiger partial charge on any atom is -0.379 e. The van der Waals surface area contributed by atoms with Crippen LogP contribution < -0.4 is 10.6 Å². The second kappa shape index (κ2) is 8.15. The fourth-order valence-corrected chi connectivity index (χ4v) is 3.91. The van der Waals surface area contributed by atoms with E-state index in [2.05, 4.69) is 40.4 Å². The van der Waals surface area contributed by atoms with Crippen molar-refractivity contribution in [1.29, 1.82) is 0 Å². The number of carbonyl (C=O) groups is 1. The van der Waals surface area contributed by atoms with Gasteiger partial charge in [0.1, 0.15) is 0 Å². The Labute approximate surface area is 150 Å². The maximum atomic E-state index is 12.4. The van der Waals surface area contributed by atoms with Crippen LogP contribution in [0.5, 0.6) is 0 Å². The van der Waals surface area contributed by atoms with Crippen molar-refractivity contribution in [3.8, 4) is 0 Å². The van der Waals surface area contributed by atoms with Gasteiger partial charge in [0, 0.05) is 38.1 Å². The largest absolute Gasteiger partial charge is 0.379 e. The number of carbonyl (C=O) groups excluding carboxylic acids is 1. The highest BCUT2D eigenvalue weighted by atomic mass is 16.5. The molecule has 2 heterocycles. The van der Waals surface area contributed by atoms with Gasteiger partial charge in [-0.3, -0.25) is 9.88 Å². The number of rotatable bonds is 5. The van der Waals surface area contributed by atoms with Gasteiger partial charge < -0.3 is 15.4 Å². The second-order valence-electron chi connectivity index (χ2n) is 7.74.